The van der Waals surface area contributed by atoms with Gasteiger partial charge in [-0.1, -0.05) is 0 Å². The van der Waals surface area contributed by atoms with E-state index in [1.807, 2.05) is 5.38 Å². The third kappa shape index (κ3) is 2.82. The van der Waals surface area contributed by atoms with Crippen molar-refractivity contribution >= 4 is 28.1 Å². The highest BCUT2D eigenvalue weighted by Gasteiger charge is 2.23. The lowest BCUT2D eigenvalue weighted by molar-refractivity contribution is 0.0746. The van der Waals surface area contributed by atoms with Crippen LogP contribution in [0.5, 0.6) is 0 Å². The molecular formula is C14H15FN4OS. The Morgan fingerprint density at radius 1 is 1.29 bits per heavy atom. The van der Waals surface area contributed by atoms with Crippen LogP contribution in [0.25, 0.3) is 0 Å². The fourth-order valence-electron chi connectivity index (χ4n) is 2.32. The fraction of sp³-hybridized carbons (Fsp3) is 0.286. The molecule has 5 nitrogen and oxygen atoms in total. The van der Waals surface area contributed by atoms with E-state index in [1.54, 1.807) is 28.5 Å². The Morgan fingerprint density at radius 2 is 2.05 bits per heavy atom. The van der Waals surface area contributed by atoms with Crippen molar-refractivity contribution in [2.24, 2.45) is 0 Å². The minimum atomic E-state index is -0.553. The minimum absolute atomic E-state index is 0.0557. The van der Waals surface area contributed by atoms with E-state index < -0.39 is 5.82 Å². The first-order chi connectivity index (χ1) is 10.1. The number of nitrogen functional groups attached to an aromatic ring is 1. The fourth-order valence-corrected chi connectivity index (χ4v) is 3.01. The number of nitrogens with two attached hydrogens (primary N) is 1. The predicted octanol–water partition coefficient (Wildman–Crippen LogP) is 1.83. The van der Waals surface area contributed by atoms with E-state index in [2.05, 4.69) is 9.88 Å². The van der Waals surface area contributed by atoms with Crippen molar-refractivity contribution in [2.75, 3.05) is 36.8 Å². The molecule has 7 heteroatoms. The van der Waals surface area contributed by atoms with Gasteiger partial charge in [0.2, 0.25) is 0 Å². The number of aromatic nitrogens is 1. The van der Waals surface area contributed by atoms with Gasteiger partial charge in [0, 0.05) is 43.3 Å². The highest BCUT2D eigenvalue weighted by atomic mass is 32.1. The SMILES string of the molecule is Nc1ccc(C(=O)N2CCN(c3nccs3)CC2)cc1F. The molecule has 1 aromatic heterocycles. The van der Waals surface area contributed by atoms with E-state index in [0.717, 1.165) is 18.2 Å². The van der Waals surface area contributed by atoms with Gasteiger partial charge in [0.15, 0.2) is 5.13 Å². The normalized spacial score (nSPS) is 15.3. The summed E-state index contributed by atoms with van der Waals surface area (Å²) in [6.45, 7) is 2.67. The van der Waals surface area contributed by atoms with Gasteiger partial charge in [-0.3, -0.25) is 4.79 Å². The maximum atomic E-state index is 13.4. The molecule has 1 aliphatic heterocycles. The monoisotopic (exact) mass is 306 g/mol. The van der Waals surface area contributed by atoms with Crippen LogP contribution < -0.4 is 10.6 Å². The highest BCUT2D eigenvalue weighted by Crippen LogP contribution is 2.20. The first-order valence-corrected chi connectivity index (χ1v) is 7.52. The second-order valence-electron chi connectivity index (χ2n) is 4.83. The van der Waals surface area contributed by atoms with Crippen molar-refractivity contribution in [3.8, 4) is 0 Å². The molecule has 110 valence electrons. The Morgan fingerprint density at radius 3 is 2.67 bits per heavy atom. The Bertz CT molecular complexity index is 638. The number of anilines is 2. The molecule has 0 saturated carbocycles. The Balaban J connectivity index is 1.66. The number of carbonyl (C=O) groups excluding carboxylic acids is 1. The molecule has 1 aromatic carbocycles. The van der Waals surface area contributed by atoms with E-state index in [1.165, 1.54) is 12.1 Å². The molecule has 1 aliphatic rings. The number of hydrogen-bond acceptors (Lipinski definition) is 5. The molecule has 21 heavy (non-hydrogen) atoms. The van der Waals surface area contributed by atoms with Gasteiger partial charge < -0.3 is 15.5 Å². The molecule has 0 radical (unpaired) electrons. The van der Waals surface area contributed by atoms with Crippen LogP contribution in [0.1, 0.15) is 10.4 Å². The van der Waals surface area contributed by atoms with Crippen LogP contribution in [0, 0.1) is 5.82 Å². The Kier molecular flexibility index (Phi) is 3.74. The van der Waals surface area contributed by atoms with Crippen LogP contribution in [-0.4, -0.2) is 42.0 Å². The standard InChI is InChI=1S/C14H15FN4OS/c15-11-9-10(1-2-12(11)16)13(20)18-4-6-19(7-5-18)14-17-3-8-21-14/h1-3,8-9H,4-7,16H2. The van der Waals surface area contributed by atoms with Crippen molar-refractivity contribution in [3.63, 3.8) is 0 Å². The summed E-state index contributed by atoms with van der Waals surface area (Å²) >= 11 is 1.59. The van der Waals surface area contributed by atoms with E-state index in [-0.39, 0.29) is 11.6 Å². The van der Waals surface area contributed by atoms with Gasteiger partial charge in [0.25, 0.3) is 5.91 Å². The molecule has 0 unspecified atom stereocenters. The lowest BCUT2D eigenvalue weighted by Gasteiger charge is -2.34. The van der Waals surface area contributed by atoms with E-state index in [0.29, 0.717) is 18.7 Å². The lowest BCUT2D eigenvalue weighted by Crippen LogP contribution is -2.48. The largest absolute Gasteiger partial charge is 0.396 e. The number of carbonyl (C=O) groups is 1. The first kappa shape index (κ1) is 13.8. The number of piperazine rings is 1. The van der Waals surface area contributed by atoms with Crippen LogP contribution in [0.3, 0.4) is 0 Å². The van der Waals surface area contributed by atoms with Crippen molar-refractivity contribution in [1.82, 2.24) is 9.88 Å². The average molecular weight is 306 g/mol. The molecule has 1 fully saturated rings. The maximum Gasteiger partial charge on any atom is 0.254 e. The van der Waals surface area contributed by atoms with Gasteiger partial charge in [-0.2, -0.15) is 0 Å². The van der Waals surface area contributed by atoms with E-state index in [4.69, 9.17) is 5.73 Å². The zero-order valence-corrected chi connectivity index (χ0v) is 12.1. The summed E-state index contributed by atoms with van der Waals surface area (Å²) in [6.07, 6.45) is 1.77. The summed E-state index contributed by atoms with van der Waals surface area (Å²) in [5.74, 6) is -0.713. The average Bonchev–Trinajstić information content (AvgIpc) is 3.04. The molecule has 2 N–H and O–H groups in total. The van der Waals surface area contributed by atoms with Crippen LogP contribution in [0.15, 0.2) is 29.8 Å². The summed E-state index contributed by atoms with van der Waals surface area (Å²) in [4.78, 5) is 20.5. The summed E-state index contributed by atoms with van der Waals surface area (Å²) in [5.41, 5.74) is 5.82. The molecule has 0 bridgehead atoms. The number of nitrogens with zero attached hydrogens (tertiary/aromatic N) is 3. The van der Waals surface area contributed by atoms with E-state index in [9.17, 15) is 9.18 Å². The Hall–Kier alpha value is -2.15. The van der Waals surface area contributed by atoms with Gasteiger partial charge >= 0.3 is 0 Å². The molecule has 0 atom stereocenters. The molecule has 3 rings (SSSR count). The van der Waals surface area contributed by atoms with Crippen LogP contribution >= 0.6 is 11.3 Å². The third-order valence-electron chi connectivity index (χ3n) is 3.50. The highest BCUT2D eigenvalue weighted by molar-refractivity contribution is 7.13. The zero-order valence-electron chi connectivity index (χ0n) is 11.3. The molecule has 1 saturated heterocycles. The summed E-state index contributed by atoms with van der Waals surface area (Å²) in [5, 5.41) is 2.91. The molecule has 0 aliphatic carbocycles. The summed E-state index contributed by atoms with van der Waals surface area (Å²) < 4.78 is 13.4. The van der Waals surface area contributed by atoms with Crippen LogP contribution in [-0.2, 0) is 0 Å². The number of amides is 1. The number of hydrogen-bond donors (Lipinski definition) is 1. The van der Waals surface area contributed by atoms with Crippen molar-refractivity contribution < 1.29 is 9.18 Å². The zero-order chi connectivity index (χ0) is 14.8. The second-order valence-corrected chi connectivity index (χ2v) is 5.70. The van der Waals surface area contributed by atoms with Gasteiger partial charge in [-0.25, -0.2) is 9.37 Å². The van der Waals surface area contributed by atoms with Gasteiger partial charge in [0.1, 0.15) is 5.82 Å². The van der Waals surface area contributed by atoms with Crippen molar-refractivity contribution in [1.29, 1.82) is 0 Å². The smallest absolute Gasteiger partial charge is 0.254 e. The number of rotatable bonds is 2. The predicted molar refractivity (Wildman–Crippen MR) is 81.0 cm³/mol. The van der Waals surface area contributed by atoms with Crippen LogP contribution in [0.4, 0.5) is 15.2 Å². The number of thiazole rings is 1. The summed E-state index contributed by atoms with van der Waals surface area (Å²) in [6, 6.07) is 4.19. The third-order valence-corrected chi connectivity index (χ3v) is 4.34. The molecular weight excluding hydrogens is 291 g/mol. The maximum absolute atomic E-state index is 13.4. The van der Waals surface area contributed by atoms with E-state index >= 15 is 0 Å². The number of halogens is 1. The quantitative estimate of drug-likeness (QED) is 0.860. The summed E-state index contributed by atoms with van der Waals surface area (Å²) in [7, 11) is 0. The molecule has 2 heterocycles. The second kappa shape index (κ2) is 5.69. The Labute approximate surface area is 125 Å². The molecule has 2 aromatic rings. The molecule has 0 spiro atoms. The van der Waals surface area contributed by atoms with Crippen LogP contribution in [0.2, 0.25) is 0 Å². The topological polar surface area (TPSA) is 62.5 Å². The molecule has 1 amide bonds. The van der Waals surface area contributed by atoms with Crippen molar-refractivity contribution in [3.05, 3.63) is 41.2 Å². The lowest BCUT2D eigenvalue weighted by atomic mass is 10.1. The minimum Gasteiger partial charge on any atom is -0.396 e. The van der Waals surface area contributed by atoms with Crippen molar-refractivity contribution in [2.45, 2.75) is 0 Å². The van der Waals surface area contributed by atoms with Gasteiger partial charge in [-0.15, -0.1) is 11.3 Å². The van der Waals surface area contributed by atoms with Gasteiger partial charge in [0.05, 0.1) is 5.69 Å². The number of benzene rings is 1. The van der Waals surface area contributed by atoms with Gasteiger partial charge in [-0.05, 0) is 18.2 Å². The first-order valence-electron chi connectivity index (χ1n) is 6.64.